The molecule has 120 valence electrons. The number of Topliss-reactive ketones (excluding diaryl/α,β-unsaturated/α-hetero) is 1. The van der Waals surface area contributed by atoms with E-state index in [1.54, 1.807) is 0 Å². The summed E-state index contributed by atoms with van der Waals surface area (Å²) < 4.78 is 14.2. The van der Waals surface area contributed by atoms with Crippen LogP contribution in [0.15, 0.2) is 0 Å². The van der Waals surface area contributed by atoms with Crippen molar-refractivity contribution in [3.05, 3.63) is 0 Å². The summed E-state index contributed by atoms with van der Waals surface area (Å²) >= 11 is 0. The molecule has 0 heterocycles. The molecule has 0 aromatic rings. The van der Waals surface area contributed by atoms with Crippen molar-refractivity contribution in [1.82, 2.24) is 0 Å². The zero-order valence-electron chi connectivity index (χ0n) is 10.1. The van der Waals surface area contributed by atoms with Crippen LogP contribution in [0.1, 0.15) is 0 Å². The number of carbonyl (C=O) groups is 1. The lowest BCUT2D eigenvalue weighted by Gasteiger charge is -2.28. The van der Waals surface area contributed by atoms with Crippen molar-refractivity contribution in [1.29, 1.82) is 0 Å². The van der Waals surface area contributed by atoms with Crippen LogP contribution in [0, 0.1) is 0 Å². The monoisotopic (exact) mass is 320 g/mol. The molecule has 0 spiro atoms. The maximum Gasteiger partial charge on any atom is 0.469 e. The number of aliphatic hydroxyl groups excluding tert-OH is 6. The zero-order valence-corrected chi connectivity index (χ0v) is 10.9. The largest absolute Gasteiger partial charge is 0.469 e. The molecule has 12 heteroatoms. The lowest BCUT2D eigenvalue weighted by molar-refractivity contribution is -0.156. The molecule has 0 aliphatic carbocycles. The van der Waals surface area contributed by atoms with E-state index in [2.05, 4.69) is 4.52 Å². The Kier molecular flexibility index (Phi) is 7.91. The summed E-state index contributed by atoms with van der Waals surface area (Å²) in [7, 11) is -4.90. The Morgan fingerprint density at radius 3 is 1.90 bits per heavy atom. The molecule has 0 aromatic heterocycles. The minimum absolute atomic E-state index is 1.07. The fourth-order valence-electron chi connectivity index (χ4n) is 1.17. The first-order valence-electron chi connectivity index (χ1n) is 5.25. The van der Waals surface area contributed by atoms with Crippen LogP contribution in [0.25, 0.3) is 0 Å². The second-order valence-corrected chi connectivity index (χ2v) is 5.13. The number of aliphatic hydroxyl groups is 6. The fourth-order valence-corrected chi connectivity index (χ4v) is 1.52. The molecule has 0 aliphatic heterocycles. The van der Waals surface area contributed by atoms with E-state index in [0.717, 1.165) is 0 Å². The van der Waals surface area contributed by atoms with E-state index >= 15 is 0 Å². The summed E-state index contributed by atoms with van der Waals surface area (Å²) in [4.78, 5) is 27.6. The van der Waals surface area contributed by atoms with Crippen LogP contribution in [-0.4, -0.2) is 89.9 Å². The van der Waals surface area contributed by atoms with Gasteiger partial charge in [-0.3, -0.25) is 9.32 Å². The third kappa shape index (κ3) is 6.33. The number of hydrogen-bond acceptors (Lipinski definition) is 9. The maximum atomic E-state index is 10.9. The van der Waals surface area contributed by atoms with Gasteiger partial charge in [0.1, 0.15) is 37.1 Å². The van der Waals surface area contributed by atoms with E-state index in [-0.39, 0.29) is 0 Å². The third-order valence-electron chi connectivity index (χ3n) is 2.32. The molecule has 0 amide bonds. The van der Waals surface area contributed by atoms with Gasteiger partial charge in [0.2, 0.25) is 0 Å². The Labute approximate surface area is 112 Å². The highest BCUT2D eigenvalue weighted by Crippen LogP contribution is 2.35. The molecule has 5 unspecified atom stereocenters. The van der Waals surface area contributed by atoms with E-state index in [1.807, 2.05) is 0 Å². The highest BCUT2D eigenvalue weighted by Gasteiger charge is 2.37. The van der Waals surface area contributed by atoms with Gasteiger partial charge in [0, 0.05) is 0 Å². The number of ketones is 1. The van der Waals surface area contributed by atoms with E-state index < -0.39 is 57.3 Å². The van der Waals surface area contributed by atoms with Crippen LogP contribution >= 0.6 is 7.82 Å². The molecule has 0 radical (unpaired) electrons. The van der Waals surface area contributed by atoms with Gasteiger partial charge in [0.15, 0.2) is 5.78 Å². The second-order valence-electron chi connectivity index (χ2n) is 3.89. The standard InChI is InChI=1S/C8H17O11P/c9-1-3(10)5(12)7(14)8(15)6(13)4(11)2-19-20(16,17)18/h4-9,11-15H,1-2H2,(H2,16,17,18). The first kappa shape index (κ1) is 19.5. The topological polar surface area (TPSA) is 205 Å². The predicted octanol–water partition coefficient (Wildman–Crippen LogP) is -4.54. The molecular formula is C8H17O11P. The third-order valence-corrected chi connectivity index (χ3v) is 2.80. The molecule has 0 aliphatic rings. The fraction of sp³-hybridized carbons (Fsp3) is 0.875. The first-order valence-corrected chi connectivity index (χ1v) is 6.78. The highest BCUT2D eigenvalue weighted by molar-refractivity contribution is 7.46. The Morgan fingerprint density at radius 2 is 1.50 bits per heavy atom. The van der Waals surface area contributed by atoms with Gasteiger partial charge in [-0.2, -0.15) is 0 Å². The number of hydrogen-bond donors (Lipinski definition) is 8. The van der Waals surface area contributed by atoms with Crippen LogP contribution < -0.4 is 0 Å². The summed E-state index contributed by atoms with van der Waals surface area (Å²) in [5, 5.41) is 55.0. The molecule has 0 fully saturated rings. The molecule has 0 bridgehead atoms. The van der Waals surface area contributed by atoms with Gasteiger partial charge in [0.05, 0.1) is 6.61 Å². The summed E-state index contributed by atoms with van der Waals surface area (Å²) in [6.07, 6.45) is -10.8. The Balaban J connectivity index is 4.55. The smallest absolute Gasteiger partial charge is 0.388 e. The summed E-state index contributed by atoms with van der Waals surface area (Å²) in [6, 6.07) is 0. The minimum atomic E-state index is -4.90. The predicted molar refractivity (Wildman–Crippen MR) is 60.1 cm³/mol. The molecule has 0 saturated heterocycles. The first-order chi connectivity index (χ1) is 9.01. The molecule has 0 rings (SSSR count). The Bertz CT molecular complexity index is 354. The van der Waals surface area contributed by atoms with Gasteiger partial charge in [-0.25, -0.2) is 4.57 Å². The molecule has 20 heavy (non-hydrogen) atoms. The van der Waals surface area contributed by atoms with Crippen molar-refractivity contribution < 1.29 is 54.3 Å². The normalized spacial score (nSPS) is 20.0. The number of carbonyl (C=O) groups excluding carboxylic acids is 1. The Hall–Kier alpha value is -0.460. The van der Waals surface area contributed by atoms with Crippen molar-refractivity contribution in [3.63, 3.8) is 0 Å². The van der Waals surface area contributed by atoms with Gasteiger partial charge in [-0.05, 0) is 0 Å². The number of rotatable bonds is 9. The lowest BCUT2D eigenvalue weighted by Crippen LogP contribution is -2.52. The van der Waals surface area contributed by atoms with Crippen LogP contribution in [-0.2, 0) is 13.9 Å². The molecule has 5 atom stereocenters. The van der Waals surface area contributed by atoms with E-state index in [1.165, 1.54) is 0 Å². The second kappa shape index (κ2) is 8.10. The van der Waals surface area contributed by atoms with E-state index in [4.69, 9.17) is 14.9 Å². The highest BCUT2D eigenvalue weighted by atomic mass is 31.2. The van der Waals surface area contributed by atoms with Gasteiger partial charge >= 0.3 is 7.82 Å². The molecule has 0 aromatic carbocycles. The molecule has 8 N–H and O–H groups in total. The molecule has 0 saturated carbocycles. The average molecular weight is 320 g/mol. The van der Waals surface area contributed by atoms with Crippen molar-refractivity contribution in [2.75, 3.05) is 13.2 Å². The number of phosphoric acid groups is 1. The van der Waals surface area contributed by atoms with Crippen molar-refractivity contribution in [3.8, 4) is 0 Å². The molecular weight excluding hydrogens is 303 g/mol. The zero-order chi connectivity index (χ0) is 16.1. The van der Waals surface area contributed by atoms with Crippen molar-refractivity contribution >= 4 is 13.6 Å². The van der Waals surface area contributed by atoms with E-state index in [0.29, 0.717) is 0 Å². The molecule has 11 nitrogen and oxygen atoms in total. The maximum absolute atomic E-state index is 10.9. The van der Waals surface area contributed by atoms with Gasteiger partial charge in [-0.15, -0.1) is 0 Å². The summed E-state index contributed by atoms with van der Waals surface area (Å²) in [5.74, 6) is -1.23. The van der Waals surface area contributed by atoms with Crippen LogP contribution in [0.4, 0.5) is 0 Å². The van der Waals surface area contributed by atoms with Crippen LogP contribution in [0.2, 0.25) is 0 Å². The van der Waals surface area contributed by atoms with E-state index in [9.17, 15) is 34.9 Å². The van der Waals surface area contributed by atoms with Gasteiger partial charge < -0.3 is 40.4 Å². The number of phosphoric ester groups is 1. The quantitative estimate of drug-likeness (QED) is 0.190. The average Bonchev–Trinajstić information content (AvgIpc) is 2.39. The minimum Gasteiger partial charge on any atom is -0.388 e. The lowest BCUT2D eigenvalue weighted by atomic mass is 9.97. The van der Waals surface area contributed by atoms with Gasteiger partial charge in [-0.1, -0.05) is 0 Å². The van der Waals surface area contributed by atoms with Crippen molar-refractivity contribution in [2.45, 2.75) is 30.5 Å². The summed E-state index contributed by atoms with van der Waals surface area (Å²) in [6.45, 7) is -2.19. The van der Waals surface area contributed by atoms with Crippen molar-refractivity contribution in [2.24, 2.45) is 0 Å². The Morgan fingerprint density at radius 1 is 1.00 bits per heavy atom. The van der Waals surface area contributed by atoms with Crippen LogP contribution in [0.5, 0.6) is 0 Å². The SMILES string of the molecule is O=C(CO)C(O)C(O)C(O)C(O)C(O)COP(=O)(O)O. The summed E-state index contributed by atoms with van der Waals surface area (Å²) in [5.41, 5.74) is 0. The van der Waals surface area contributed by atoms with Gasteiger partial charge in [0.25, 0.3) is 0 Å². The van der Waals surface area contributed by atoms with Crippen LogP contribution in [0.3, 0.4) is 0 Å².